The van der Waals surface area contributed by atoms with Crippen LogP contribution in [0.1, 0.15) is 38.9 Å². The van der Waals surface area contributed by atoms with Crippen LogP contribution in [0.15, 0.2) is 47.2 Å². The van der Waals surface area contributed by atoms with Crippen molar-refractivity contribution in [1.29, 1.82) is 5.26 Å². The van der Waals surface area contributed by atoms with E-state index >= 15 is 0 Å². The summed E-state index contributed by atoms with van der Waals surface area (Å²) in [6.45, 7) is 4.39. The Hall–Kier alpha value is -2.91. The Morgan fingerprint density at radius 1 is 1.36 bits per heavy atom. The van der Waals surface area contributed by atoms with E-state index in [1.54, 1.807) is 35.6 Å². The summed E-state index contributed by atoms with van der Waals surface area (Å²) in [6, 6.07) is 12.8. The number of nitrogens with zero attached hydrogens (tertiary/aromatic N) is 3. The first-order valence-corrected chi connectivity index (χ1v) is 8.86. The Labute approximate surface area is 150 Å². The van der Waals surface area contributed by atoms with E-state index in [4.69, 9.17) is 5.26 Å². The van der Waals surface area contributed by atoms with Crippen molar-refractivity contribution in [2.75, 3.05) is 6.54 Å². The maximum absolute atomic E-state index is 12.5. The monoisotopic (exact) mass is 350 g/mol. The zero-order valence-electron chi connectivity index (χ0n) is 14.1. The minimum atomic E-state index is -0.195. The van der Waals surface area contributed by atoms with Crippen LogP contribution in [0.4, 0.5) is 0 Å². The number of nitrogens with one attached hydrogen (secondary N) is 1. The van der Waals surface area contributed by atoms with E-state index in [0.717, 1.165) is 17.0 Å². The van der Waals surface area contributed by atoms with Crippen LogP contribution in [-0.4, -0.2) is 22.2 Å². The summed E-state index contributed by atoms with van der Waals surface area (Å²) in [7, 11) is 0. The summed E-state index contributed by atoms with van der Waals surface area (Å²) in [6.07, 6.45) is 0. The van der Waals surface area contributed by atoms with Gasteiger partial charge in [-0.3, -0.25) is 9.48 Å². The van der Waals surface area contributed by atoms with E-state index in [9.17, 15) is 4.79 Å². The number of hydrogen-bond donors (Lipinski definition) is 1. The normalized spacial score (nSPS) is 11.7. The number of hydrogen-bond acceptors (Lipinski definition) is 4. The predicted octanol–water partition coefficient (Wildman–Crippen LogP) is 3.45. The molecule has 0 aliphatic carbocycles. The van der Waals surface area contributed by atoms with Gasteiger partial charge in [0.05, 0.1) is 23.4 Å². The fourth-order valence-electron chi connectivity index (χ4n) is 2.79. The maximum atomic E-state index is 12.5. The highest BCUT2D eigenvalue weighted by Gasteiger charge is 2.19. The molecule has 0 aliphatic rings. The molecule has 5 nitrogen and oxygen atoms in total. The summed E-state index contributed by atoms with van der Waals surface area (Å²) in [5, 5.41) is 20.6. The topological polar surface area (TPSA) is 70.7 Å². The van der Waals surface area contributed by atoms with E-state index in [-0.39, 0.29) is 11.9 Å². The Kier molecular flexibility index (Phi) is 4.96. The fraction of sp³-hybridized carbons (Fsp3) is 0.211. The summed E-state index contributed by atoms with van der Waals surface area (Å²) in [5.74, 6) is -0.195. The van der Waals surface area contributed by atoms with Gasteiger partial charge in [-0.05, 0) is 60.5 Å². The Morgan fingerprint density at radius 3 is 2.84 bits per heavy atom. The highest BCUT2D eigenvalue weighted by atomic mass is 32.1. The number of aromatic nitrogens is 2. The maximum Gasteiger partial charge on any atom is 0.251 e. The van der Waals surface area contributed by atoms with Gasteiger partial charge in [0.1, 0.15) is 0 Å². The molecule has 0 spiro atoms. The number of carbonyl (C=O) groups excluding carboxylic acids is 1. The Morgan fingerprint density at radius 2 is 2.20 bits per heavy atom. The molecule has 0 aliphatic heterocycles. The standard InChI is InChI=1S/C19H18N4OS/c1-13-8-14(2)23(22-13)18(17-6-7-25-12-17)11-21-19(24)16-5-3-4-15(9-16)10-20/h3-9,12,18H,11H2,1-2H3,(H,21,24). The molecule has 0 radical (unpaired) electrons. The van der Waals surface area contributed by atoms with Crippen LogP contribution in [0.25, 0.3) is 0 Å². The van der Waals surface area contributed by atoms with Crippen LogP contribution >= 0.6 is 11.3 Å². The summed E-state index contributed by atoms with van der Waals surface area (Å²) in [5.41, 5.74) is 4.07. The zero-order chi connectivity index (χ0) is 17.8. The molecule has 0 bridgehead atoms. The number of thiophene rings is 1. The largest absolute Gasteiger partial charge is 0.350 e. The molecule has 1 atom stereocenters. The van der Waals surface area contributed by atoms with Crippen molar-refractivity contribution < 1.29 is 4.79 Å². The molecule has 3 aromatic rings. The van der Waals surface area contributed by atoms with Gasteiger partial charge in [-0.15, -0.1) is 0 Å². The van der Waals surface area contributed by atoms with Crippen molar-refractivity contribution in [2.24, 2.45) is 0 Å². The minimum Gasteiger partial charge on any atom is -0.350 e. The van der Waals surface area contributed by atoms with Gasteiger partial charge in [0.15, 0.2) is 0 Å². The van der Waals surface area contributed by atoms with Gasteiger partial charge in [0.25, 0.3) is 5.91 Å². The lowest BCUT2D eigenvalue weighted by atomic mass is 10.1. The SMILES string of the molecule is Cc1cc(C)n(C(CNC(=O)c2cccc(C#N)c2)c2ccsc2)n1. The van der Waals surface area contributed by atoms with Crippen molar-refractivity contribution in [3.63, 3.8) is 0 Å². The molecule has 2 aromatic heterocycles. The van der Waals surface area contributed by atoms with Crippen LogP contribution < -0.4 is 5.32 Å². The minimum absolute atomic E-state index is 0.0666. The van der Waals surface area contributed by atoms with Crippen molar-refractivity contribution >= 4 is 17.2 Å². The average molecular weight is 350 g/mol. The van der Waals surface area contributed by atoms with Gasteiger partial charge in [-0.2, -0.15) is 21.7 Å². The molecular formula is C19H18N4OS. The molecule has 1 aromatic carbocycles. The molecule has 126 valence electrons. The molecular weight excluding hydrogens is 332 g/mol. The van der Waals surface area contributed by atoms with Gasteiger partial charge < -0.3 is 5.32 Å². The third-order valence-electron chi connectivity index (χ3n) is 3.98. The summed E-state index contributed by atoms with van der Waals surface area (Å²) >= 11 is 1.62. The zero-order valence-corrected chi connectivity index (χ0v) is 14.9. The smallest absolute Gasteiger partial charge is 0.251 e. The molecule has 1 unspecified atom stereocenters. The Bertz CT molecular complexity index is 921. The third-order valence-corrected chi connectivity index (χ3v) is 4.68. The lowest BCUT2D eigenvalue weighted by Gasteiger charge is -2.19. The van der Waals surface area contributed by atoms with Crippen molar-refractivity contribution in [3.05, 3.63) is 75.2 Å². The van der Waals surface area contributed by atoms with Crippen LogP contribution in [0.3, 0.4) is 0 Å². The molecule has 2 heterocycles. The first-order valence-electron chi connectivity index (χ1n) is 7.91. The van der Waals surface area contributed by atoms with Gasteiger partial charge in [-0.1, -0.05) is 6.07 Å². The highest BCUT2D eigenvalue weighted by Crippen LogP contribution is 2.22. The van der Waals surface area contributed by atoms with Crippen LogP contribution in [0.5, 0.6) is 0 Å². The lowest BCUT2D eigenvalue weighted by molar-refractivity contribution is 0.0949. The van der Waals surface area contributed by atoms with Crippen LogP contribution in [0, 0.1) is 25.2 Å². The van der Waals surface area contributed by atoms with Gasteiger partial charge in [0, 0.05) is 17.8 Å². The number of benzene rings is 1. The summed E-state index contributed by atoms with van der Waals surface area (Å²) < 4.78 is 1.95. The molecule has 1 amide bonds. The van der Waals surface area contributed by atoms with Crippen LogP contribution in [-0.2, 0) is 0 Å². The lowest BCUT2D eigenvalue weighted by Crippen LogP contribution is -2.32. The van der Waals surface area contributed by atoms with E-state index < -0.39 is 0 Å². The molecule has 6 heteroatoms. The van der Waals surface area contributed by atoms with Crippen molar-refractivity contribution in [2.45, 2.75) is 19.9 Å². The van der Waals surface area contributed by atoms with Crippen molar-refractivity contribution in [1.82, 2.24) is 15.1 Å². The van der Waals surface area contributed by atoms with Gasteiger partial charge >= 0.3 is 0 Å². The highest BCUT2D eigenvalue weighted by molar-refractivity contribution is 7.07. The molecule has 0 saturated carbocycles. The molecule has 0 saturated heterocycles. The van der Waals surface area contributed by atoms with Gasteiger partial charge in [0.2, 0.25) is 0 Å². The second-order valence-electron chi connectivity index (χ2n) is 5.85. The predicted molar refractivity (Wildman–Crippen MR) is 97.6 cm³/mol. The summed E-state index contributed by atoms with van der Waals surface area (Å²) in [4.78, 5) is 12.5. The average Bonchev–Trinajstić information content (AvgIpc) is 3.25. The van der Waals surface area contributed by atoms with Gasteiger partial charge in [-0.25, -0.2) is 0 Å². The second-order valence-corrected chi connectivity index (χ2v) is 6.63. The molecule has 1 N–H and O–H groups in total. The first-order chi connectivity index (χ1) is 12.1. The molecule has 3 rings (SSSR count). The number of nitriles is 1. The quantitative estimate of drug-likeness (QED) is 0.766. The number of carbonyl (C=O) groups is 1. The van der Waals surface area contributed by atoms with E-state index in [2.05, 4.69) is 21.9 Å². The van der Waals surface area contributed by atoms with Crippen molar-refractivity contribution in [3.8, 4) is 6.07 Å². The Balaban J connectivity index is 1.81. The fourth-order valence-corrected chi connectivity index (χ4v) is 3.50. The second kappa shape index (κ2) is 7.32. The molecule has 25 heavy (non-hydrogen) atoms. The number of rotatable bonds is 5. The third kappa shape index (κ3) is 3.78. The first kappa shape index (κ1) is 16.9. The van der Waals surface area contributed by atoms with Crippen LogP contribution in [0.2, 0.25) is 0 Å². The number of amides is 1. The van der Waals surface area contributed by atoms with E-state index in [1.807, 2.05) is 36.0 Å². The molecule has 0 fully saturated rings. The van der Waals surface area contributed by atoms with E-state index in [0.29, 0.717) is 17.7 Å². The number of aryl methyl sites for hydroxylation is 2. The van der Waals surface area contributed by atoms with E-state index in [1.165, 1.54) is 0 Å².